The lowest BCUT2D eigenvalue weighted by atomic mass is 10.00. The lowest BCUT2D eigenvalue weighted by molar-refractivity contribution is 1.08. The molecule has 0 bridgehead atoms. The molecule has 0 aliphatic carbocycles. The van der Waals surface area contributed by atoms with Crippen LogP contribution in [0.25, 0.3) is 164 Å². The predicted octanol–water partition coefficient (Wildman–Crippen LogP) is 21.8. The molecule has 6 nitrogen and oxygen atoms in total. The van der Waals surface area contributed by atoms with Crippen LogP contribution in [-0.2, 0) is 0 Å². The van der Waals surface area contributed by atoms with Crippen molar-refractivity contribution in [2.24, 2.45) is 0 Å². The maximum atomic E-state index is 5.11. The standard InChI is InChI=1S/C43H27N3S.C37H23N3S/c1-2-9-28(10-3-1)30-17-22-32(23-18-30)41-44-42(33-24-19-31(20-25-33)35-26-21-29-11-4-5-12-34(29)27-35)46-43(45-41)38-15-8-14-37-36-13-6-7-16-39(36)47-40(37)38;1-2-10-26(11-3-1)35-38-36(27-20-17-25(18-21-27)29-22-19-24-9-4-5-12-28(24)23-29)40-37(39-35)32-15-8-14-31-30-13-6-7-16-33(30)41-34(31)32/h1-27H;1-23H. The Morgan fingerprint density at radius 2 is 0.466 bits per heavy atom. The fourth-order valence-electron chi connectivity index (χ4n) is 11.7. The molecule has 0 radical (unpaired) electrons. The molecule has 0 saturated carbocycles. The predicted molar refractivity (Wildman–Crippen MR) is 369 cm³/mol. The first kappa shape index (κ1) is 52.4. The number of nitrogens with zero attached hydrogens (tertiary/aromatic N) is 6. The van der Waals surface area contributed by atoms with E-state index >= 15 is 0 Å². The minimum absolute atomic E-state index is 0.653. The van der Waals surface area contributed by atoms with Crippen molar-refractivity contribution in [3.05, 3.63) is 303 Å². The van der Waals surface area contributed by atoms with Gasteiger partial charge in [0, 0.05) is 73.7 Å². The van der Waals surface area contributed by atoms with E-state index in [4.69, 9.17) is 29.9 Å². The van der Waals surface area contributed by atoms with Gasteiger partial charge in [-0.2, -0.15) is 0 Å². The molecule has 0 aliphatic heterocycles. The van der Waals surface area contributed by atoms with Gasteiger partial charge in [-0.05, 0) is 91.3 Å². The Labute approximate surface area is 516 Å². The Morgan fingerprint density at radius 1 is 0.182 bits per heavy atom. The number of fused-ring (bicyclic) bond motifs is 8. The summed E-state index contributed by atoms with van der Waals surface area (Å²) in [7, 11) is 0. The zero-order valence-corrected chi connectivity index (χ0v) is 49.0. The van der Waals surface area contributed by atoms with Gasteiger partial charge in [0.1, 0.15) is 0 Å². The second kappa shape index (κ2) is 22.7. The molecule has 0 fully saturated rings. The van der Waals surface area contributed by atoms with Crippen LogP contribution in [0, 0.1) is 0 Å². The maximum absolute atomic E-state index is 5.11. The number of rotatable bonds is 9. The van der Waals surface area contributed by atoms with Gasteiger partial charge in [-0.25, -0.2) is 29.9 Å². The summed E-state index contributed by atoms with van der Waals surface area (Å²) in [4.78, 5) is 30.3. The van der Waals surface area contributed by atoms with Crippen molar-refractivity contribution in [3.8, 4) is 102 Å². The molecule has 412 valence electrons. The summed E-state index contributed by atoms with van der Waals surface area (Å²) < 4.78 is 4.89. The minimum atomic E-state index is 0.653. The minimum Gasteiger partial charge on any atom is -0.208 e. The van der Waals surface area contributed by atoms with Gasteiger partial charge in [-0.1, -0.05) is 267 Å². The van der Waals surface area contributed by atoms with Gasteiger partial charge in [0.25, 0.3) is 0 Å². The first-order valence-electron chi connectivity index (χ1n) is 29.3. The molecule has 0 saturated heterocycles. The summed E-state index contributed by atoms with van der Waals surface area (Å²) in [6.07, 6.45) is 0. The largest absolute Gasteiger partial charge is 0.208 e. The fourth-order valence-corrected chi connectivity index (χ4v) is 14.2. The van der Waals surface area contributed by atoms with E-state index in [9.17, 15) is 0 Å². The van der Waals surface area contributed by atoms with Crippen LogP contribution in [0.1, 0.15) is 0 Å². The van der Waals surface area contributed by atoms with Crippen molar-refractivity contribution >= 4 is 84.6 Å². The SMILES string of the molecule is c1ccc(-c2ccc(-c3nc(-c4ccc(-c5ccc6ccccc6c5)cc4)nc(-c4cccc5c4sc4ccccc45)n3)cc2)cc1.c1ccc(-c2nc(-c3ccc(-c4ccc5ccccc5c4)cc3)nc(-c3cccc4c3sc3ccccc34)n2)cc1. The third-order valence-corrected chi connectivity index (χ3v) is 18.7. The van der Waals surface area contributed by atoms with Gasteiger partial charge >= 0.3 is 0 Å². The summed E-state index contributed by atoms with van der Waals surface area (Å²) in [5.74, 6) is 4.00. The number of aromatic nitrogens is 6. The van der Waals surface area contributed by atoms with Crippen molar-refractivity contribution < 1.29 is 0 Å². The Hall–Kier alpha value is -11.2. The molecule has 13 aromatic carbocycles. The Balaban J connectivity index is 0.000000143. The Kier molecular flexibility index (Phi) is 13.5. The average molecular weight is 1160 g/mol. The smallest absolute Gasteiger partial charge is 0.165 e. The van der Waals surface area contributed by atoms with Gasteiger partial charge in [0.15, 0.2) is 34.9 Å². The summed E-state index contributed by atoms with van der Waals surface area (Å²) in [6.45, 7) is 0. The van der Waals surface area contributed by atoms with Crippen molar-refractivity contribution in [3.63, 3.8) is 0 Å². The maximum Gasteiger partial charge on any atom is 0.165 e. The van der Waals surface area contributed by atoms with E-state index in [2.05, 4.69) is 267 Å². The molecule has 0 spiro atoms. The van der Waals surface area contributed by atoms with Gasteiger partial charge < -0.3 is 0 Å². The van der Waals surface area contributed by atoms with Crippen LogP contribution in [-0.4, -0.2) is 29.9 Å². The third kappa shape index (κ3) is 10.1. The highest BCUT2D eigenvalue weighted by atomic mass is 32.1. The molecule has 17 aromatic rings. The number of hydrogen-bond acceptors (Lipinski definition) is 8. The highest BCUT2D eigenvalue weighted by Crippen LogP contribution is 2.42. The van der Waals surface area contributed by atoms with Crippen LogP contribution in [0.15, 0.2) is 303 Å². The van der Waals surface area contributed by atoms with E-state index in [1.54, 1.807) is 22.7 Å². The molecule has 0 aliphatic rings. The lowest BCUT2D eigenvalue weighted by Gasteiger charge is -2.10. The molecule has 4 aromatic heterocycles. The first-order chi connectivity index (χ1) is 43.6. The molecule has 0 unspecified atom stereocenters. The normalized spacial score (nSPS) is 11.4. The number of thiophene rings is 2. The van der Waals surface area contributed by atoms with Crippen LogP contribution < -0.4 is 0 Å². The van der Waals surface area contributed by atoms with Crippen molar-refractivity contribution in [1.29, 1.82) is 0 Å². The molecule has 4 heterocycles. The molecule has 17 rings (SSSR count). The van der Waals surface area contributed by atoms with Gasteiger partial charge in [0.05, 0.1) is 0 Å². The van der Waals surface area contributed by atoms with Crippen LogP contribution >= 0.6 is 22.7 Å². The first-order valence-corrected chi connectivity index (χ1v) is 30.9. The van der Waals surface area contributed by atoms with Crippen molar-refractivity contribution in [1.82, 2.24) is 29.9 Å². The summed E-state index contributed by atoms with van der Waals surface area (Å²) >= 11 is 3.57. The van der Waals surface area contributed by atoms with E-state index in [0.29, 0.717) is 34.9 Å². The summed E-state index contributed by atoms with van der Waals surface area (Å²) in [6, 6.07) is 106. The average Bonchev–Trinajstić information content (AvgIpc) is 3.70. The number of benzene rings is 13. The molecular formula is C80H50N6S2. The Morgan fingerprint density at radius 3 is 0.886 bits per heavy atom. The van der Waals surface area contributed by atoms with Crippen molar-refractivity contribution in [2.45, 2.75) is 0 Å². The van der Waals surface area contributed by atoms with Crippen LogP contribution in [0.2, 0.25) is 0 Å². The zero-order chi connectivity index (χ0) is 58.3. The summed E-state index contributed by atoms with van der Waals surface area (Å²) in [5.41, 5.74) is 12.9. The molecule has 88 heavy (non-hydrogen) atoms. The van der Waals surface area contributed by atoms with Gasteiger partial charge in [-0.3, -0.25) is 0 Å². The third-order valence-electron chi connectivity index (χ3n) is 16.3. The van der Waals surface area contributed by atoms with Crippen LogP contribution in [0.4, 0.5) is 0 Å². The highest BCUT2D eigenvalue weighted by molar-refractivity contribution is 7.26. The topological polar surface area (TPSA) is 77.3 Å². The molecule has 0 N–H and O–H groups in total. The second-order valence-corrected chi connectivity index (χ2v) is 23.9. The highest BCUT2D eigenvalue weighted by Gasteiger charge is 2.19. The zero-order valence-electron chi connectivity index (χ0n) is 47.4. The van der Waals surface area contributed by atoms with Crippen LogP contribution in [0.5, 0.6) is 0 Å². The molecule has 0 atom stereocenters. The molecule has 0 amide bonds. The van der Waals surface area contributed by atoms with E-state index in [0.717, 1.165) is 50.1 Å². The summed E-state index contributed by atoms with van der Waals surface area (Å²) in [5, 5.41) is 9.91. The van der Waals surface area contributed by atoms with Gasteiger partial charge in [0.2, 0.25) is 0 Å². The molecular weight excluding hydrogens is 1110 g/mol. The lowest BCUT2D eigenvalue weighted by Crippen LogP contribution is -2.00. The second-order valence-electron chi connectivity index (χ2n) is 21.8. The van der Waals surface area contributed by atoms with E-state index in [-0.39, 0.29) is 0 Å². The monoisotopic (exact) mass is 1160 g/mol. The van der Waals surface area contributed by atoms with E-state index in [1.165, 1.54) is 78.6 Å². The quantitative estimate of drug-likeness (QED) is 0.143. The number of hydrogen-bond donors (Lipinski definition) is 0. The van der Waals surface area contributed by atoms with Crippen molar-refractivity contribution in [2.75, 3.05) is 0 Å². The van der Waals surface area contributed by atoms with E-state index in [1.807, 2.05) is 36.4 Å². The van der Waals surface area contributed by atoms with Crippen LogP contribution in [0.3, 0.4) is 0 Å². The van der Waals surface area contributed by atoms with E-state index < -0.39 is 0 Å². The van der Waals surface area contributed by atoms with Gasteiger partial charge in [-0.15, -0.1) is 22.7 Å². The Bertz CT molecular complexity index is 5430. The molecule has 8 heteroatoms. The fraction of sp³-hybridized carbons (Fsp3) is 0.